The van der Waals surface area contributed by atoms with Gasteiger partial charge in [-0.15, -0.1) is 0 Å². The maximum Gasteiger partial charge on any atom is 0.267 e. The molecule has 0 spiro atoms. The van der Waals surface area contributed by atoms with Crippen molar-refractivity contribution in [2.24, 2.45) is 7.05 Å². The van der Waals surface area contributed by atoms with Crippen LogP contribution in [-0.2, 0) is 7.05 Å². The lowest BCUT2D eigenvalue weighted by Gasteiger charge is -2.17. The standard InChI is InChI=1S/C25H21F3N8O/c1-14-7-17(16(26)9-21(14)37-15-3-4-20-18(8-15)32-13-35(20)2)33-23-22-19(30-12-31-23)10-29-24(34-22)36-6-5-25(27,28)11-36/h3-4,7-10,12-13H,5-6,11H2,1-2H3,(H,30,31,33). The van der Waals surface area contributed by atoms with Gasteiger partial charge in [0.05, 0.1) is 35.8 Å². The van der Waals surface area contributed by atoms with Crippen LogP contribution >= 0.6 is 0 Å². The maximum atomic E-state index is 15.2. The summed E-state index contributed by atoms with van der Waals surface area (Å²) >= 11 is 0. The third-order valence-electron chi connectivity index (χ3n) is 6.26. The van der Waals surface area contributed by atoms with E-state index >= 15 is 4.39 Å². The Labute approximate surface area is 209 Å². The molecule has 0 atom stereocenters. The molecule has 2 aromatic carbocycles. The van der Waals surface area contributed by atoms with Gasteiger partial charge in [0.2, 0.25) is 5.95 Å². The van der Waals surface area contributed by atoms with Crippen LogP contribution in [-0.4, -0.2) is 48.5 Å². The van der Waals surface area contributed by atoms with E-state index in [1.165, 1.54) is 23.5 Å². The third-order valence-corrected chi connectivity index (χ3v) is 6.26. The third kappa shape index (κ3) is 4.34. The van der Waals surface area contributed by atoms with Crippen LogP contribution in [0, 0.1) is 12.7 Å². The molecular formula is C25H21F3N8O. The summed E-state index contributed by atoms with van der Waals surface area (Å²) in [6.45, 7) is 1.47. The average molecular weight is 506 g/mol. The number of fused-ring (bicyclic) bond motifs is 2. The molecule has 6 rings (SSSR count). The van der Waals surface area contributed by atoms with Gasteiger partial charge in [-0.05, 0) is 30.7 Å². The van der Waals surface area contributed by atoms with E-state index in [-0.39, 0.29) is 30.4 Å². The maximum absolute atomic E-state index is 15.2. The minimum absolute atomic E-state index is 0.136. The summed E-state index contributed by atoms with van der Waals surface area (Å²) in [5.74, 6) is -2.10. The lowest BCUT2D eigenvalue weighted by Crippen LogP contribution is -2.26. The van der Waals surface area contributed by atoms with Crippen molar-refractivity contribution in [2.45, 2.75) is 19.3 Å². The molecule has 0 bridgehead atoms. The quantitative estimate of drug-likeness (QED) is 0.351. The molecule has 5 aromatic rings. The smallest absolute Gasteiger partial charge is 0.267 e. The first kappa shape index (κ1) is 23.0. The molecule has 12 heteroatoms. The number of halogens is 3. The Morgan fingerprint density at radius 3 is 2.73 bits per heavy atom. The number of rotatable bonds is 5. The molecule has 1 fully saturated rings. The number of hydrogen-bond acceptors (Lipinski definition) is 8. The minimum Gasteiger partial charge on any atom is -0.457 e. The topological polar surface area (TPSA) is 93.9 Å². The Hall–Kier alpha value is -4.48. The number of nitrogens with zero attached hydrogens (tertiary/aromatic N) is 7. The molecule has 37 heavy (non-hydrogen) atoms. The second kappa shape index (κ2) is 8.57. The van der Waals surface area contributed by atoms with Crippen LogP contribution in [0.5, 0.6) is 11.5 Å². The van der Waals surface area contributed by atoms with Crippen molar-refractivity contribution in [2.75, 3.05) is 23.3 Å². The van der Waals surface area contributed by atoms with Crippen LogP contribution in [0.1, 0.15) is 12.0 Å². The fourth-order valence-electron chi connectivity index (χ4n) is 4.30. The minimum atomic E-state index is -2.79. The lowest BCUT2D eigenvalue weighted by molar-refractivity contribution is 0.0256. The molecule has 3 aromatic heterocycles. The zero-order valence-corrected chi connectivity index (χ0v) is 19.9. The predicted molar refractivity (Wildman–Crippen MR) is 132 cm³/mol. The van der Waals surface area contributed by atoms with Crippen LogP contribution in [0.15, 0.2) is 49.2 Å². The van der Waals surface area contributed by atoms with E-state index in [0.29, 0.717) is 28.1 Å². The van der Waals surface area contributed by atoms with Gasteiger partial charge >= 0.3 is 0 Å². The lowest BCUT2D eigenvalue weighted by atomic mass is 10.2. The second-order valence-electron chi connectivity index (χ2n) is 8.98. The molecule has 4 heterocycles. The number of aromatic nitrogens is 6. The largest absolute Gasteiger partial charge is 0.457 e. The number of alkyl halides is 2. The molecule has 0 saturated carbocycles. The van der Waals surface area contributed by atoms with E-state index in [0.717, 1.165) is 11.0 Å². The van der Waals surface area contributed by atoms with Crippen LogP contribution in [0.3, 0.4) is 0 Å². The predicted octanol–water partition coefficient (Wildman–Crippen LogP) is 5.14. The Morgan fingerprint density at radius 2 is 1.92 bits per heavy atom. The molecular weight excluding hydrogens is 485 g/mol. The van der Waals surface area contributed by atoms with Gasteiger partial charge < -0.3 is 19.5 Å². The molecule has 188 valence electrons. The number of nitrogens with one attached hydrogen (secondary N) is 1. The van der Waals surface area contributed by atoms with Crippen molar-refractivity contribution in [1.82, 2.24) is 29.5 Å². The van der Waals surface area contributed by atoms with Gasteiger partial charge in [0.15, 0.2) is 5.82 Å². The van der Waals surface area contributed by atoms with Crippen molar-refractivity contribution in [1.29, 1.82) is 0 Å². The SMILES string of the molecule is Cc1cc(Nc2ncnc3cnc(N4CCC(F)(F)C4)nc23)c(F)cc1Oc1ccc2c(c1)ncn2C. The van der Waals surface area contributed by atoms with Crippen molar-refractivity contribution in [3.05, 3.63) is 60.6 Å². The van der Waals surface area contributed by atoms with Crippen molar-refractivity contribution in [3.63, 3.8) is 0 Å². The van der Waals surface area contributed by atoms with E-state index in [1.54, 1.807) is 31.5 Å². The molecule has 1 aliphatic rings. The van der Waals surface area contributed by atoms with Crippen molar-refractivity contribution >= 4 is 39.5 Å². The van der Waals surface area contributed by atoms with Gasteiger partial charge in [-0.2, -0.15) is 0 Å². The molecule has 1 aliphatic heterocycles. The van der Waals surface area contributed by atoms with Crippen LogP contribution in [0.2, 0.25) is 0 Å². The summed E-state index contributed by atoms with van der Waals surface area (Å²) in [5.41, 5.74) is 3.25. The van der Waals surface area contributed by atoms with Crippen LogP contribution in [0.25, 0.3) is 22.1 Å². The van der Waals surface area contributed by atoms with Crippen molar-refractivity contribution < 1.29 is 17.9 Å². The summed E-state index contributed by atoms with van der Waals surface area (Å²) in [6, 6.07) is 8.36. The Balaban J connectivity index is 1.28. The number of benzene rings is 2. The molecule has 9 nitrogen and oxygen atoms in total. The Morgan fingerprint density at radius 1 is 1.05 bits per heavy atom. The summed E-state index contributed by atoms with van der Waals surface area (Å²) < 4.78 is 50.4. The molecule has 0 aliphatic carbocycles. The summed E-state index contributed by atoms with van der Waals surface area (Å²) in [5, 5.41) is 2.96. The van der Waals surface area contributed by atoms with Gasteiger partial charge in [-0.3, -0.25) is 0 Å². The Bertz CT molecular complexity index is 1650. The van der Waals surface area contributed by atoms with E-state index in [1.807, 2.05) is 17.7 Å². The fraction of sp³-hybridized carbons (Fsp3) is 0.240. The van der Waals surface area contributed by atoms with Crippen molar-refractivity contribution in [3.8, 4) is 11.5 Å². The second-order valence-corrected chi connectivity index (χ2v) is 8.98. The zero-order chi connectivity index (χ0) is 25.7. The van der Waals surface area contributed by atoms with Gasteiger partial charge in [0.25, 0.3) is 5.92 Å². The monoisotopic (exact) mass is 506 g/mol. The normalized spacial score (nSPS) is 15.0. The molecule has 1 saturated heterocycles. The highest BCUT2D eigenvalue weighted by atomic mass is 19.3. The zero-order valence-electron chi connectivity index (χ0n) is 19.9. The Kier molecular flexibility index (Phi) is 5.32. The molecule has 1 N–H and O–H groups in total. The highest BCUT2D eigenvalue weighted by molar-refractivity contribution is 5.87. The fourth-order valence-corrected chi connectivity index (χ4v) is 4.30. The molecule has 0 radical (unpaired) electrons. The first-order valence-electron chi connectivity index (χ1n) is 11.5. The highest BCUT2D eigenvalue weighted by Gasteiger charge is 2.39. The first-order valence-corrected chi connectivity index (χ1v) is 11.5. The number of hydrogen-bond donors (Lipinski definition) is 1. The number of imidazole rings is 1. The van der Waals surface area contributed by atoms with E-state index in [9.17, 15) is 8.78 Å². The molecule has 0 amide bonds. The van der Waals surface area contributed by atoms with Crippen LogP contribution in [0.4, 0.5) is 30.6 Å². The van der Waals surface area contributed by atoms with E-state index in [2.05, 4.69) is 30.2 Å². The number of ether oxygens (including phenoxy) is 1. The highest BCUT2D eigenvalue weighted by Crippen LogP contribution is 2.34. The molecule has 0 unspecified atom stereocenters. The van der Waals surface area contributed by atoms with Crippen LogP contribution < -0.4 is 15.0 Å². The average Bonchev–Trinajstić information content (AvgIpc) is 3.43. The van der Waals surface area contributed by atoms with E-state index in [4.69, 9.17) is 4.74 Å². The summed E-state index contributed by atoms with van der Waals surface area (Å²) in [7, 11) is 1.90. The van der Waals surface area contributed by atoms with Gasteiger partial charge in [0, 0.05) is 32.1 Å². The number of aryl methyl sites for hydroxylation is 2. The van der Waals surface area contributed by atoms with E-state index < -0.39 is 18.3 Å². The van der Waals surface area contributed by atoms with Gasteiger partial charge in [-0.1, -0.05) is 0 Å². The number of anilines is 3. The summed E-state index contributed by atoms with van der Waals surface area (Å²) in [4.78, 5) is 22.7. The van der Waals surface area contributed by atoms with Gasteiger partial charge in [-0.25, -0.2) is 38.1 Å². The van der Waals surface area contributed by atoms with Gasteiger partial charge in [0.1, 0.15) is 34.7 Å². The first-order chi connectivity index (χ1) is 17.8. The summed E-state index contributed by atoms with van der Waals surface area (Å²) in [6.07, 6.45) is 4.19.